The van der Waals surface area contributed by atoms with Crippen LogP contribution < -0.4 is 0 Å². The van der Waals surface area contributed by atoms with Crippen molar-refractivity contribution in [1.29, 1.82) is 0 Å². The quantitative estimate of drug-likeness (QED) is 0.891. The van der Waals surface area contributed by atoms with Gasteiger partial charge in [0.2, 0.25) is 0 Å². The van der Waals surface area contributed by atoms with Crippen LogP contribution in [-0.4, -0.2) is 28.1 Å². The second kappa shape index (κ2) is 5.53. The Bertz CT molecular complexity index is 433. The van der Waals surface area contributed by atoms with Gasteiger partial charge in [0.1, 0.15) is 0 Å². The fraction of sp³-hybridized carbons (Fsp3) is 0.533. The summed E-state index contributed by atoms with van der Waals surface area (Å²) in [7, 11) is 0. The zero-order chi connectivity index (χ0) is 13.9. The van der Waals surface area contributed by atoms with Crippen LogP contribution in [0, 0.1) is 13.8 Å². The predicted octanol–water partition coefficient (Wildman–Crippen LogP) is 2.99. The van der Waals surface area contributed by atoms with Crippen molar-refractivity contribution in [1.82, 2.24) is 4.90 Å². The molecule has 0 aliphatic carbocycles. The number of aryl methyl sites for hydroxylation is 2. The minimum Gasteiger partial charge on any atom is -0.480 e. The maximum absolute atomic E-state index is 11.0. The van der Waals surface area contributed by atoms with Crippen molar-refractivity contribution < 1.29 is 9.90 Å². The molecule has 0 saturated heterocycles. The average Bonchev–Trinajstić information content (AvgIpc) is 2.20. The van der Waals surface area contributed by atoms with Crippen LogP contribution in [0.15, 0.2) is 18.2 Å². The molecular formula is C15H23NO2. The van der Waals surface area contributed by atoms with E-state index in [2.05, 4.69) is 32.0 Å². The maximum Gasteiger partial charge on any atom is 0.317 e. The van der Waals surface area contributed by atoms with Gasteiger partial charge in [-0.3, -0.25) is 9.69 Å². The van der Waals surface area contributed by atoms with Crippen LogP contribution in [0.5, 0.6) is 0 Å². The van der Waals surface area contributed by atoms with Gasteiger partial charge in [-0.1, -0.05) is 23.8 Å². The van der Waals surface area contributed by atoms with Crippen molar-refractivity contribution >= 4 is 5.97 Å². The number of carboxylic acid groups (broad SMARTS) is 1. The summed E-state index contributed by atoms with van der Waals surface area (Å²) in [5, 5.41) is 9.01. The minimum atomic E-state index is -0.782. The molecule has 0 fully saturated rings. The number of hydrogen-bond donors (Lipinski definition) is 1. The van der Waals surface area contributed by atoms with Gasteiger partial charge in [0, 0.05) is 12.1 Å². The summed E-state index contributed by atoms with van der Waals surface area (Å²) in [4.78, 5) is 12.9. The molecule has 0 atom stereocenters. The van der Waals surface area contributed by atoms with Gasteiger partial charge in [-0.2, -0.15) is 0 Å². The summed E-state index contributed by atoms with van der Waals surface area (Å²) in [6.45, 7) is 11.0. The first-order valence-corrected chi connectivity index (χ1v) is 6.23. The molecule has 1 N–H and O–H groups in total. The Morgan fingerprint density at radius 2 is 1.89 bits per heavy atom. The molecule has 18 heavy (non-hydrogen) atoms. The third-order valence-electron chi connectivity index (χ3n) is 3.14. The molecule has 0 aliphatic heterocycles. The summed E-state index contributed by atoms with van der Waals surface area (Å²) in [6, 6.07) is 6.31. The first kappa shape index (κ1) is 14.7. The number of benzene rings is 1. The molecule has 3 heteroatoms. The van der Waals surface area contributed by atoms with E-state index in [4.69, 9.17) is 5.11 Å². The van der Waals surface area contributed by atoms with E-state index >= 15 is 0 Å². The van der Waals surface area contributed by atoms with Crippen LogP contribution in [0.2, 0.25) is 0 Å². The molecule has 0 saturated carbocycles. The van der Waals surface area contributed by atoms with E-state index in [1.54, 1.807) is 0 Å². The molecule has 1 aromatic carbocycles. The van der Waals surface area contributed by atoms with Crippen LogP contribution in [0.25, 0.3) is 0 Å². The normalized spacial score (nSPS) is 11.9. The standard InChI is InChI=1S/C15H23NO2/c1-11-6-7-12(2)13(8-11)9-16(10-14(17)18)15(3,4)5/h6-8H,9-10H2,1-5H3,(H,17,18). The lowest BCUT2D eigenvalue weighted by molar-refractivity contribution is -0.139. The Hall–Kier alpha value is -1.35. The number of rotatable bonds is 4. The minimum absolute atomic E-state index is 0.0664. The molecule has 100 valence electrons. The fourth-order valence-corrected chi connectivity index (χ4v) is 1.87. The molecule has 0 bridgehead atoms. The first-order valence-electron chi connectivity index (χ1n) is 6.23. The van der Waals surface area contributed by atoms with Gasteiger partial charge in [0.05, 0.1) is 6.54 Å². The van der Waals surface area contributed by atoms with Crippen molar-refractivity contribution in [2.75, 3.05) is 6.54 Å². The fourth-order valence-electron chi connectivity index (χ4n) is 1.87. The number of carbonyl (C=O) groups is 1. The topological polar surface area (TPSA) is 40.5 Å². The van der Waals surface area contributed by atoms with Crippen LogP contribution in [0.4, 0.5) is 0 Å². The molecule has 0 amide bonds. The molecule has 0 heterocycles. The Morgan fingerprint density at radius 3 is 2.39 bits per heavy atom. The summed E-state index contributed by atoms with van der Waals surface area (Å²) in [5.74, 6) is -0.782. The number of hydrogen-bond acceptors (Lipinski definition) is 2. The summed E-state index contributed by atoms with van der Waals surface area (Å²) in [5.41, 5.74) is 3.46. The molecule has 0 aliphatic rings. The van der Waals surface area contributed by atoms with E-state index in [9.17, 15) is 4.79 Å². The van der Waals surface area contributed by atoms with Gasteiger partial charge in [0.25, 0.3) is 0 Å². The van der Waals surface area contributed by atoms with Crippen molar-refractivity contribution in [3.8, 4) is 0 Å². The van der Waals surface area contributed by atoms with Crippen molar-refractivity contribution in [2.45, 2.75) is 46.7 Å². The third kappa shape index (κ3) is 4.15. The zero-order valence-corrected chi connectivity index (χ0v) is 11.9. The summed E-state index contributed by atoms with van der Waals surface area (Å²) >= 11 is 0. The van der Waals surface area contributed by atoms with E-state index in [-0.39, 0.29) is 12.1 Å². The lowest BCUT2D eigenvalue weighted by atomic mass is 10.0. The predicted molar refractivity (Wildman–Crippen MR) is 73.7 cm³/mol. The molecule has 0 unspecified atom stereocenters. The van der Waals surface area contributed by atoms with Gasteiger partial charge < -0.3 is 5.11 Å². The van der Waals surface area contributed by atoms with Crippen molar-refractivity contribution in [3.63, 3.8) is 0 Å². The van der Waals surface area contributed by atoms with Gasteiger partial charge in [0.15, 0.2) is 0 Å². The Kier molecular flexibility index (Phi) is 4.52. The van der Waals surface area contributed by atoms with E-state index in [1.807, 2.05) is 25.7 Å². The lowest BCUT2D eigenvalue weighted by Gasteiger charge is -2.34. The summed E-state index contributed by atoms with van der Waals surface area (Å²) < 4.78 is 0. The van der Waals surface area contributed by atoms with Gasteiger partial charge in [-0.05, 0) is 45.7 Å². The molecule has 0 aromatic heterocycles. The Balaban J connectivity index is 2.96. The lowest BCUT2D eigenvalue weighted by Crippen LogP contribution is -2.43. The molecular weight excluding hydrogens is 226 g/mol. The first-order chi connectivity index (χ1) is 8.20. The van der Waals surface area contributed by atoms with Crippen LogP contribution in [0.1, 0.15) is 37.5 Å². The molecule has 0 radical (unpaired) electrons. The zero-order valence-electron chi connectivity index (χ0n) is 11.9. The highest BCUT2D eigenvalue weighted by Crippen LogP contribution is 2.19. The van der Waals surface area contributed by atoms with E-state index in [0.717, 1.165) is 0 Å². The Labute approximate surface area is 109 Å². The average molecular weight is 249 g/mol. The highest BCUT2D eigenvalue weighted by molar-refractivity contribution is 5.69. The van der Waals surface area contributed by atoms with Crippen molar-refractivity contribution in [2.24, 2.45) is 0 Å². The highest BCUT2D eigenvalue weighted by atomic mass is 16.4. The van der Waals surface area contributed by atoms with Crippen LogP contribution in [-0.2, 0) is 11.3 Å². The smallest absolute Gasteiger partial charge is 0.317 e. The SMILES string of the molecule is Cc1ccc(C)c(CN(CC(=O)O)C(C)(C)C)c1. The van der Waals surface area contributed by atoms with Gasteiger partial charge in [-0.25, -0.2) is 0 Å². The van der Waals surface area contributed by atoms with Gasteiger partial charge >= 0.3 is 5.97 Å². The third-order valence-corrected chi connectivity index (χ3v) is 3.14. The number of carboxylic acids is 1. The van der Waals surface area contributed by atoms with Crippen molar-refractivity contribution in [3.05, 3.63) is 34.9 Å². The number of aliphatic carboxylic acids is 1. The summed E-state index contributed by atoms with van der Waals surface area (Å²) in [6.07, 6.45) is 0. The monoisotopic (exact) mass is 249 g/mol. The largest absolute Gasteiger partial charge is 0.480 e. The van der Waals surface area contributed by atoms with Crippen LogP contribution >= 0.6 is 0 Å². The Morgan fingerprint density at radius 1 is 1.28 bits per heavy atom. The van der Waals surface area contributed by atoms with E-state index in [1.165, 1.54) is 16.7 Å². The molecule has 3 nitrogen and oxygen atoms in total. The second-order valence-corrected chi connectivity index (χ2v) is 5.85. The van der Waals surface area contributed by atoms with Gasteiger partial charge in [-0.15, -0.1) is 0 Å². The van der Waals surface area contributed by atoms with E-state index in [0.29, 0.717) is 6.54 Å². The van der Waals surface area contributed by atoms with E-state index < -0.39 is 5.97 Å². The maximum atomic E-state index is 11.0. The number of nitrogens with zero attached hydrogens (tertiary/aromatic N) is 1. The molecule has 0 spiro atoms. The second-order valence-electron chi connectivity index (χ2n) is 5.85. The molecule has 1 aromatic rings. The molecule has 1 rings (SSSR count). The van der Waals surface area contributed by atoms with Crippen LogP contribution in [0.3, 0.4) is 0 Å². The highest BCUT2D eigenvalue weighted by Gasteiger charge is 2.24.